The average Bonchev–Trinajstić information content (AvgIpc) is 3.05. The molecule has 0 fully saturated rings. The van der Waals surface area contributed by atoms with Gasteiger partial charge in [0.05, 0.1) is 12.5 Å². The van der Waals surface area contributed by atoms with Crippen molar-refractivity contribution >= 4 is 11.9 Å². The van der Waals surface area contributed by atoms with Crippen molar-refractivity contribution in [2.45, 2.75) is 246 Å². The van der Waals surface area contributed by atoms with Gasteiger partial charge in [-0.15, -0.1) is 0 Å². The number of aliphatic carboxylic acids is 1. The highest BCUT2D eigenvalue weighted by molar-refractivity contribution is 5.69. The van der Waals surface area contributed by atoms with Gasteiger partial charge in [0.1, 0.15) is 0 Å². The smallest absolute Gasteiger partial charge is 0.306 e. The number of carbonyl (C=O) groups is 2. The summed E-state index contributed by atoms with van der Waals surface area (Å²) in [5.74, 6) is -0.727. The molecule has 0 aromatic rings. The SMILES string of the molecule is CCCCC(CC)C(=O)O.CCCCCCCCCCCCCCCCCC(=O)OCCCCCCCCCCCCCCCC. The summed E-state index contributed by atoms with van der Waals surface area (Å²) in [5, 5.41) is 8.60. The zero-order valence-corrected chi connectivity index (χ0v) is 32.0. The Kier molecular flexibility index (Phi) is 42.9. The highest BCUT2D eigenvalue weighted by atomic mass is 16.5. The van der Waals surface area contributed by atoms with Crippen LogP contribution in [0.3, 0.4) is 0 Å². The molecule has 0 aromatic carbocycles. The fourth-order valence-corrected chi connectivity index (χ4v) is 6.15. The minimum atomic E-state index is -0.643. The average molecular weight is 653 g/mol. The van der Waals surface area contributed by atoms with E-state index in [2.05, 4.69) is 20.8 Å². The number of hydrogen-bond acceptors (Lipinski definition) is 3. The molecule has 0 amide bonds. The molecule has 0 saturated carbocycles. The number of esters is 1. The summed E-state index contributed by atoms with van der Waals surface area (Å²) in [5.41, 5.74) is 0. The van der Waals surface area contributed by atoms with Gasteiger partial charge in [-0.3, -0.25) is 9.59 Å². The van der Waals surface area contributed by atoms with Crippen LogP contribution in [0.1, 0.15) is 246 Å². The number of rotatable bonds is 36. The van der Waals surface area contributed by atoms with Crippen LogP contribution in [0, 0.1) is 5.92 Å². The highest BCUT2D eigenvalue weighted by Gasteiger charge is 2.13. The first-order valence-corrected chi connectivity index (χ1v) is 20.9. The van der Waals surface area contributed by atoms with Gasteiger partial charge in [0, 0.05) is 6.42 Å². The first kappa shape index (κ1) is 47.1. The lowest BCUT2D eigenvalue weighted by Crippen LogP contribution is -2.11. The van der Waals surface area contributed by atoms with Crippen LogP contribution in [-0.2, 0) is 14.3 Å². The number of hydrogen-bond donors (Lipinski definition) is 1. The van der Waals surface area contributed by atoms with Gasteiger partial charge >= 0.3 is 11.9 Å². The van der Waals surface area contributed by atoms with E-state index in [4.69, 9.17) is 9.84 Å². The molecule has 0 aliphatic carbocycles. The Morgan fingerprint density at radius 3 is 1.04 bits per heavy atom. The van der Waals surface area contributed by atoms with Gasteiger partial charge in [-0.05, 0) is 25.7 Å². The van der Waals surface area contributed by atoms with E-state index in [1.165, 1.54) is 173 Å². The Bertz CT molecular complexity index is 554. The molecule has 4 nitrogen and oxygen atoms in total. The van der Waals surface area contributed by atoms with E-state index in [0.29, 0.717) is 13.0 Å². The molecule has 1 unspecified atom stereocenters. The van der Waals surface area contributed by atoms with Crippen molar-refractivity contribution in [3.8, 4) is 0 Å². The normalized spacial score (nSPS) is 11.7. The molecule has 0 heterocycles. The van der Waals surface area contributed by atoms with Crippen molar-refractivity contribution in [1.82, 2.24) is 0 Å². The summed E-state index contributed by atoms with van der Waals surface area (Å²) >= 11 is 0. The van der Waals surface area contributed by atoms with Crippen LogP contribution >= 0.6 is 0 Å². The minimum absolute atomic E-state index is 0.0272. The summed E-state index contributed by atoms with van der Waals surface area (Å²) in [4.78, 5) is 22.3. The highest BCUT2D eigenvalue weighted by Crippen LogP contribution is 2.15. The van der Waals surface area contributed by atoms with E-state index in [-0.39, 0.29) is 11.9 Å². The van der Waals surface area contributed by atoms with E-state index in [1.807, 2.05) is 6.92 Å². The molecule has 0 rings (SSSR count). The predicted molar refractivity (Wildman–Crippen MR) is 202 cm³/mol. The molecular weight excluding hydrogens is 568 g/mol. The van der Waals surface area contributed by atoms with Crippen molar-refractivity contribution in [2.24, 2.45) is 5.92 Å². The summed E-state index contributed by atoms with van der Waals surface area (Å²) in [6, 6.07) is 0. The predicted octanol–water partition coefficient (Wildman–Crippen LogP) is 14.6. The van der Waals surface area contributed by atoms with Crippen molar-refractivity contribution < 1.29 is 19.4 Å². The van der Waals surface area contributed by atoms with Gasteiger partial charge in [0.25, 0.3) is 0 Å². The molecule has 1 N–H and O–H groups in total. The third-order valence-electron chi connectivity index (χ3n) is 9.49. The lowest BCUT2D eigenvalue weighted by atomic mass is 10.00. The molecule has 0 bridgehead atoms. The lowest BCUT2D eigenvalue weighted by molar-refractivity contribution is -0.144. The Morgan fingerprint density at radius 2 is 0.739 bits per heavy atom. The fourth-order valence-electron chi connectivity index (χ4n) is 6.15. The van der Waals surface area contributed by atoms with Crippen molar-refractivity contribution in [1.29, 1.82) is 0 Å². The second kappa shape index (κ2) is 42.0. The molecular formula is C42H84O4. The zero-order chi connectivity index (χ0) is 34.2. The number of unbranched alkanes of at least 4 members (excludes halogenated alkanes) is 28. The van der Waals surface area contributed by atoms with Crippen LogP contribution < -0.4 is 0 Å². The maximum absolute atomic E-state index is 11.9. The summed E-state index contributed by atoms with van der Waals surface area (Å²) in [7, 11) is 0. The van der Waals surface area contributed by atoms with E-state index in [1.54, 1.807) is 0 Å². The largest absolute Gasteiger partial charge is 0.481 e. The molecule has 0 aliphatic rings. The molecule has 0 spiro atoms. The molecule has 0 aromatic heterocycles. The van der Waals surface area contributed by atoms with Gasteiger partial charge in [-0.1, -0.05) is 214 Å². The minimum Gasteiger partial charge on any atom is -0.481 e. The van der Waals surface area contributed by atoms with Crippen molar-refractivity contribution in [3.63, 3.8) is 0 Å². The third-order valence-corrected chi connectivity index (χ3v) is 9.49. The molecule has 276 valence electrons. The summed E-state index contributed by atoms with van der Waals surface area (Å²) in [6.07, 6.45) is 43.8. The van der Waals surface area contributed by atoms with Crippen LogP contribution in [0.2, 0.25) is 0 Å². The number of ether oxygens (including phenoxy) is 1. The third kappa shape index (κ3) is 41.0. The molecule has 0 aliphatic heterocycles. The number of carboxylic acids is 1. The molecule has 4 heteroatoms. The second-order valence-electron chi connectivity index (χ2n) is 14.1. The first-order chi connectivity index (χ1) is 22.5. The number of carboxylic acid groups (broad SMARTS) is 1. The zero-order valence-electron chi connectivity index (χ0n) is 32.0. The summed E-state index contributed by atoms with van der Waals surface area (Å²) < 4.78 is 5.43. The maximum atomic E-state index is 11.9. The second-order valence-corrected chi connectivity index (χ2v) is 14.1. The Morgan fingerprint density at radius 1 is 0.435 bits per heavy atom. The van der Waals surface area contributed by atoms with E-state index < -0.39 is 5.97 Å². The fraction of sp³-hybridized carbons (Fsp3) is 0.952. The van der Waals surface area contributed by atoms with Gasteiger partial charge < -0.3 is 9.84 Å². The molecule has 0 radical (unpaired) electrons. The van der Waals surface area contributed by atoms with Crippen LogP contribution in [0.5, 0.6) is 0 Å². The maximum Gasteiger partial charge on any atom is 0.306 e. The molecule has 0 saturated heterocycles. The van der Waals surface area contributed by atoms with Crippen LogP contribution in [0.15, 0.2) is 0 Å². The Balaban J connectivity index is 0. The first-order valence-electron chi connectivity index (χ1n) is 20.9. The van der Waals surface area contributed by atoms with E-state index in [0.717, 1.165) is 38.5 Å². The topological polar surface area (TPSA) is 63.6 Å². The van der Waals surface area contributed by atoms with Gasteiger partial charge in [0.15, 0.2) is 0 Å². The monoisotopic (exact) mass is 653 g/mol. The van der Waals surface area contributed by atoms with Gasteiger partial charge in [-0.25, -0.2) is 0 Å². The standard InChI is InChI=1S/C34H68O2.C8H16O2/c1-3-5-7-9-11-13-15-17-19-20-22-24-26-28-30-32-34(35)36-33-31-29-27-25-23-21-18-16-14-12-10-8-6-4-2;1-3-5-6-7(4-2)8(9)10/h3-33H2,1-2H3;7H,3-6H2,1-2H3,(H,9,10). The van der Waals surface area contributed by atoms with Crippen LogP contribution in [-0.4, -0.2) is 23.7 Å². The van der Waals surface area contributed by atoms with E-state index in [9.17, 15) is 9.59 Å². The number of carbonyl (C=O) groups excluding carboxylic acids is 1. The molecule has 46 heavy (non-hydrogen) atoms. The lowest BCUT2D eigenvalue weighted by Gasteiger charge is -2.06. The van der Waals surface area contributed by atoms with Gasteiger partial charge in [0.2, 0.25) is 0 Å². The van der Waals surface area contributed by atoms with Crippen LogP contribution in [0.25, 0.3) is 0 Å². The Hall–Kier alpha value is -1.06. The van der Waals surface area contributed by atoms with Gasteiger partial charge in [-0.2, -0.15) is 0 Å². The quantitative estimate of drug-likeness (QED) is 0.0540. The van der Waals surface area contributed by atoms with Crippen molar-refractivity contribution in [3.05, 3.63) is 0 Å². The molecule has 1 atom stereocenters. The summed E-state index contributed by atoms with van der Waals surface area (Å²) in [6.45, 7) is 9.21. The van der Waals surface area contributed by atoms with Crippen molar-refractivity contribution in [2.75, 3.05) is 6.61 Å². The Labute approximate surface area is 289 Å². The van der Waals surface area contributed by atoms with Crippen LogP contribution in [0.4, 0.5) is 0 Å². The van der Waals surface area contributed by atoms with E-state index >= 15 is 0 Å².